The van der Waals surface area contributed by atoms with Gasteiger partial charge in [0.25, 0.3) is 5.91 Å². The number of nitrogens with two attached hydrogens (primary N) is 1. The van der Waals surface area contributed by atoms with Crippen LogP contribution in [0.5, 0.6) is 0 Å². The van der Waals surface area contributed by atoms with Crippen molar-refractivity contribution in [2.75, 3.05) is 11.1 Å². The summed E-state index contributed by atoms with van der Waals surface area (Å²) in [5, 5.41) is 2.28. The minimum absolute atomic E-state index is 0.105. The number of rotatable bonds is 2. The van der Waals surface area contributed by atoms with Crippen LogP contribution in [-0.4, -0.2) is 10.9 Å². The Labute approximate surface area is 112 Å². The number of hydrogen-bond donors (Lipinski definition) is 2. The van der Waals surface area contributed by atoms with Crippen molar-refractivity contribution in [2.24, 2.45) is 0 Å². The Morgan fingerprint density at radius 3 is 2.74 bits per heavy atom. The molecule has 2 rings (SSSR count). The molecule has 0 aliphatic heterocycles. The average Bonchev–Trinajstić information content (AvgIpc) is 2.36. The van der Waals surface area contributed by atoms with Gasteiger partial charge in [0.05, 0.1) is 16.8 Å². The first-order valence-electron chi connectivity index (χ1n) is 5.15. The zero-order chi connectivity index (χ0) is 14.0. The van der Waals surface area contributed by atoms with Gasteiger partial charge in [-0.2, -0.15) is 0 Å². The number of aromatic nitrogens is 1. The molecular formula is C12H8ClF2N3O. The van der Waals surface area contributed by atoms with Gasteiger partial charge in [-0.1, -0.05) is 11.6 Å². The maximum absolute atomic E-state index is 13.0. The van der Waals surface area contributed by atoms with Crippen LogP contribution in [0, 0.1) is 11.6 Å². The monoisotopic (exact) mass is 283 g/mol. The van der Waals surface area contributed by atoms with Crippen LogP contribution in [0.3, 0.4) is 0 Å². The van der Waals surface area contributed by atoms with E-state index in [1.54, 1.807) is 0 Å². The van der Waals surface area contributed by atoms with E-state index in [0.29, 0.717) is 0 Å². The zero-order valence-corrected chi connectivity index (χ0v) is 10.2. The van der Waals surface area contributed by atoms with Crippen molar-refractivity contribution in [1.29, 1.82) is 0 Å². The predicted octanol–water partition coefficient (Wildman–Crippen LogP) is 2.85. The van der Waals surface area contributed by atoms with Crippen molar-refractivity contribution >= 4 is 29.0 Å². The van der Waals surface area contributed by atoms with Gasteiger partial charge >= 0.3 is 0 Å². The molecule has 0 aliphatic carbocycles. The van der Waals surface area contributed by atoms with E-state index in [-0.39, 0.29) is 22.1 Å². The van der Waals surface area contributed by atoms with E-state index in [2.05, 4.69) is 10.3 Å². The molecule has 1 aromatic carbocycles. The first kappa shape index (κ1) is 13.2. The summed E-state index contributed by atoms with van der Waals surface area (Å²) >= 11 is 5.58. The molecule has 1 heterocycles. The lowest BCUT2D eigenvalue weighted by Crippen LogP contribution is -2.15. The van der Waals surface area contributed by atoms with Crippen LogP contribution >= 0.6 is 11.6 Å². The Morgan fingerprint density at radius 2 is 2.05 bits per heavy atom. The van der Waals surface area contributed by atoms with Gasteiger partial charge in [0.15, 0.2) is 0 Å². The number of carbonyl (C=O) groups is 1. The minimum Gasteiger partial charge on any atom is -0.383 e. The van der Waals surface area contributed by atoms with Gasteiger partial charge < -0.3 is 11.1 Å². The summed E-state index contributed by atoms with van der Waals surface area (Å²) in [4.78, 5) is 15.4. The van der Waals surface area contributed by atoms with Crippen LogP contribution in [0.15, 0.2) is 30.5 Å². The van der Waals surface area contributed by atoms with Crippen molar-refractivity contribution in [2.45, 2.75) is 0 Å². The van der Waals surface area contributed by atoms with Gasteiger partial charge in [-0.05, 0) is 24.3 Å². The maximum atomic E-state index is 13.0. The fourth-order valence-corrected chi connectivity index (χ4v) is 1.58. The maximum Gasteiger partial charge on any atom is 0.259 e. The fourth-order valence-electron chi connectivity index (χ4n) is 1.40. The molecule has 0 radical (unpaired) electrons. The molecule has 3 N–H and O–H groups in total. The van der Waals surface area contributed by atoms with Gasteiger partial charge in [-0.15, -0.1) is 0 Å². The number of nitrogens with one attached hydrogen (secondary N) is 1. The summed E-state index contributed by atoms with van der Waals surface area (Å²) in [6.45, 7) is 0. The normalized spacial score (nSPS) is 10.3. The summed E-state index contributed by atoms with van der Waals surface area (Å²) in [6, 6.07) is 4.62. The first-order valence-corrected chi connectivity index (χ1v) is 5.52. The Morgan fingerprint density at radius 1 is 1.32 bits per heavy atom. The Hall–Kier alpha value is -2.21. The fraction of sp³-hybridized carbons (Fsp3) is 0. The molecule has 1 aromatic heterocycles. The number of nitrogens with zero attached hydrogens (tertiary/aromatic N) is 1. The molecular weight excluding hydrogens is 276 g/mol. The van der Waals surface area contributed by atoms with Gasteiger partial charge in [-0.3, -0.25) is 4.79 Å². The second kappa shape index (κ2) is 5.19. The summed E-state index contributed by atoms with van der Waals surface area (Å²) in [5.41, 5.74) is 5.63. The van der Waals surface area contributed by atoms with Crippen LogP contribution < -0.4 is 11.1 Å². The molecule has 4 nitrogen and oxygen atoms in total. The molecule has 0 saturated heterocycles. The quantitative estimate of drug-likeness (QED) is 0.890. The highest BCUT2D eigenvalue weighted by atomic mass is 35.5. The summed E-state index contributed by atoms with van der Waals surface area (Å²) in [7, 11) is 0. The lowest BCUT2D eigenvalue weighted by molar-refractivity contribution is 0.102. The molecule has 0 bridgehead atoms. The summed E-state index contributed by atoms with van der Waals surface area (Å²) < 4.78 is 25.9. The number of pyridine rings is 1. The molecule has 98 valence electrons. The lowest BCUT2D eigenvalue weighted by atomic mass is 10.2. The molecule has 19 heavy (non-hydrogen) atoms. The average molecular weight is 284 g/mol. The third-order valence-corrected chi connectivity index (χ3v) is 2.60. The molecule has 7 heteroatoms. The molecule has 0 atom stereocenters. The standard InChI is InChI=1S/C12H8ClF2N3O/c13-9-4-7(1-2-10(9)15)18-12(19)8-3-6(14)5-17-11(8)16/h1-5H,(H2,16,17)(H,18,19). The number of amides is 1. The van der Waals surface area contributed by atoms with Crippen molar-refractivity contribution in [3.63, 3.8) is 0 Å². The number of anilines is 2. The molecule has 0 spiro atoms. The van der Waals surface area contributed by atoms with Crippen molar-refractivity contribution in [3.05, 3.63) is 52.7 Å². The number of benzene rings is 1. The smallest absolute Gasteiger partial charge is 0.259 e. The summed E-state index contributed by atoms with van der Waals surface area (Å²) in [6.07, 6.45) is 0.904. The van der Waals surface area contributed by atoms with Crippen LogP contribution in [0.2, 0.25) is 5.02 Å². The molecule has 0 aliphatic rings. The Kier molecular flexibility index (Phi) is 3.62. The molecule has 0 unspecified atom stereocenters. The molecule has 2 aromatic rings. The second-order valence-corrected chi connectivity index (χ2v) is 4.08. The van der Waals surface area contributed by atoms with Crippen molar-refractivity contribution in [1.82, 2.24) is 4.98 Å². The minimum atomic E-state index is -0.684. The number of nitrogen functional groups attached to an aromatic ring is 1. The number of carbonyl (C=O) groups excluding carboxylic acids is 1. The van der Waals surface area contributed by atoms with Crippen LogP contribution in [0.1, 0.15) is 10.4 Å². The van der Waals surface area contributed by atoms with Crippen LogP contribution in [0.25, 0.3) is 0 Å². The van der Waals surface area contributed by atoms with Crippen LogP contribution in [0.4, 0.5) is 20.3 Å². The highest BCUT2D eigenvalue weighted by Crippen LogP contribution is 2.20. The third-order valence-electron chi connectivity index (χ3n) is 2.31. The van der Waals surface area contributed by atoms with Crippen LogP contribution in [-0.2, 0) is 0 Å². The summed E-state index contributed by atoms with van der Waals surface area (Å²) in [5.74, 6) is -2.05. The largest absolute Gasteiger partial charge is 0.383 e. The molecule has 0 saturated carbocycles. The number of halogens is 3. The topological polar surface area (TPSA) is 68.0 Å². The highest BCUT2D eigenvalue weighted by molar-refractivity contribution is 6.31. The van der Waals surface area contributed by atoms with E-state index < -0.39 is 17.5 Å². The van der Waals surface area contributed by atoms with Gasteiger partial charge in [0.1, 0.15) is 17.5 Å². The van der Waals surface area contributed by atoms with E-state index in [9.17, 15) is 13.6 Å². The number of hydrogen-bond acceptors (Lipinski definition) is 3. The predicted molar refractivity (Wildman–Crippen MR) is 68.0 cm³/mol. The van der Waals surface area contributed by atoms with E-state index in [1.807, 2.05) is 0 Å². The van der Waals surface area contributed by atoms with E-state index in [4.69, 9.17) is 17.3 Å². The molecule has 1 amide bonds. The van der Waals surface area contributed by atoms with Crippen molar-refractivity contribution in [3.8, 4) is 0 Å². The lowest BCUT2D eigenvalue weighted by Gasteiger charge is -2.07. The molecule has 0 fully saturated rings. The second-order valence-electron chi connectivity index (χ2n) is 3.67. The Balaban J connectivity index is 2.25. The van der Waals surface area contributed by atoms with E-state index >= 15 is 0 Å². The van der Waals surface area contributed by atoms with Gasteiger partial charge in [0, 0.05) is 5.69 Å². The zero-order valence-electron chi connectivity index (χ0n) is 9.45. The SMILES string of the molecule is Nc1ncc(F)cc1C(=O)Nc1ccc(F)c(Cl)c1. The van der Waals surface area contributed by atoms with E-state index in [0.717, 1.165) is 18.3 Å². The van der Waals surface area contributed by atoms with Gasteiger partial charge in [0.2, 0.25) is 0 Å². The third kappa shape index (κ3) is 2.97. The van der Waals surface area contributed by atoms with Crippen molar-refractivity contribution < 1.29 is 13.6 Å². The first-order chi connectivity index (χ1) is 8.97. The highest BCUT2D eigenvalue weighted by Gasteiger charge is 2.13. The van der Waals surface area contributed by atoms with E-state index in [1.165, 1.54) is 12.1 Å². The van der Waals surface area contributed by atoms with Gasteiger partial charge in [-0.25, -0.2) is 13.8 Å². The Bertz CT molecular complexity index is 649.